The van der Waals surface area contributed by atoms with Gasteiger partial charge in [0.2, 0.25) is 0 Å². The number of aryl methyl sites for hydroxylation is 2. The van der Waals surface area contributed by atoms with Crippen LogP contribution in [0, 0.1) is 12.3 Å². The molecular weight excluding hydrogens is 386 g/mol. The molecule has 1 saturated carbocycles. The molecule has 7 heteroatoms. The van der Waals surface area contributed by atoms with Crippen molar-refractivity contribution in [2.45, 2.75) is 65.0 Å². The molecule has 0 amide bonds. The van der Waals surface area contributed by atoms with E-state index in [0.717, 1.165) is 61.5 Å². The van der Waals surface area contributed by atoms with Crippen LogP contribution >= 0.6 is 11.6 Å². The zero-order valence-electron chi connectivity index (χ0n) is 17.3. The minimum Gasteiger partial charge on any atom is -0.390 e. The van der Waals surface area contributed by atoms with Crippen LogP contribution in [-0.2, 0) is 13.0 Å². The summed E-state index contributed by atoms with van der Waals surface area (Å²) in [5.41, 5.74) is 10.5. The molecular formula is C22H30ClN5O. The Bertz CT molecular complexity index is 895. The number of nitrogens with zero attached hydrogens (tertiary/aromatic N) is 4. The Hall–Kier alpha value is -1.76. The van der Waals surface area contributed by atoms with Crippen molar-refractivity contribution in [3.8, 4) is 11.3 Å². The third kappa shape index (κ3) is 3.62. The number of aliphatic hydroxyl groups excluding tert-OH is 1. The Morgan fingerprint density at radius 1 is 1.24 bits per heavy atom. The Morgan fingerprint density at radius 3 is 2.62 bits per heavy atom. The van der Waals surface area contributed by atoms with E-state index in [4.69, 9.17) is 27.3 Å². The van der Waals surface area contributed by atoms with Gasteiger partial charge in [0.25, 0.3) is 0 Å². The van der Waals surface area contributed by atoms with Gasteiger partial charge in [-0.05, 0) is 50.5 Å². The maximum atomic E-state index is 10.0. The molecule has 2 fully saturated rings. The second-order valence-electron chi connectivity index (χ2n) is 8.41. The van der Waals surface area contributed by atoms with Crippen LogP contribution in [0.3, 0.4) is 0 Å². The first-order chi connectivity index (χ1) is 14.0. The minimum atomic E-state index is -0.153. The van der Waals surface area contributed by atoms with Gasteiger partial charge in [-0.3, -0.25) is 4.98 Å². The Balaban J connectivity index is 1.64. The molecule has 0 radical (unpaired) electrons. The lowest BCUT2D eigenvalue weighted by molar-refractivity contribution is 0.196. The molecule has 1 atom stereocenters. The summed E-state index contributed by atoms with van der Waals surface area (Å²) in [6, 6.07) is 2.18. The van der Waals surface area contributed by atoms with Gasteiger partial charge in [0.1, 0.15) is 5.69 Å². The smallest absolute Gasteiger partial charge is 0.153 e. The maximum absolute atomic E-state index is 10.0. The van der Waals surface area contributed by atoms with E-state index in [0.29, 0.717) is 27.9 Å². The lowest BCUT2D eigenvalue weighted by Crippen LogP contribution is -2.47. The molecule has 1 aliphatic heterocycles. The van der Waals surface area contributed by atoms with Crippen molar-refractivity contribution in [1.82, 2.24) is 15.0 Å². The highest BCUT2D eigenvalue weighted by Crippen LogP contribution is 2.46. The van der Waals surface area contributed by atoms with Crippen molar-refractivity contribution in [1.29, 1.82) is 0 Å². The number of pyridine rings is 1. The first kappa shape index (κ1) is 20.5. The highest BCUT2D eigenvalue weighted by Gasteiger charge is 2.43. The number of hydrogen-bond donors (Lipinski definition) is 2. The molecule has 2 aromatic rings. The van der Waals surface area contributed by atoms with E-state index >= 15 is 0 Å². The van der Waals surface area contributed by atoms with E-state index in [-0.39, 0.29) is 6.61 Å². The van der Waals surface area contributed by atoms with Crippen LogP contribution in [0.5, 0.6) is 0 Å². The van der Waals surface area contributed by atoms with E-state index in [1.807, 2.05) is 19.9 Å². The highest BCUT2D eigenvalue weighted by molar-refractivity contribution is 6.33. The third-order valence-corrected chi connectivity index (χ3v) is 7.28. The molecule has 2 aromatic heterocycles. The van der Waals surface area contributed by atoms with Gasteiger partial charge in [0, 0.05) is 30.9 Å². The van der Waals surface area contributed by atoms with E-state index in [1.165, 1.54) is 12.8 Å². The van der Waals surface area contributed by atoms with Gasteiger partial charge in [-0.2, -0.15) is 0 Å². The number of halogens is 1. The van der Waals surface area contributed by atoms with Crippen LogP contribution in [0.15, 0.2) is 12.3 Å². The average Bonchev–Trinajstić information content (AvgIpc) is 3.08. The molecule has 6 nitrogen and oxygen atoms in total. The first-order valence-electron chi connectivity index (χ1n) is 10.6. The van der Waals surface area contributed by atoms with Gasteiger partial charge in [-0.25, -0.2) is 9.97 Å². The monoisotopic (exact) mass is 415 g/mol. The fourth-order valence-electron chi connectivity index (χ4n) is 5.02. The second-order valence-corrected chi connectivity index (χ2v) is 8.78. The standard InChI is InChI=1S/C22H30ClN5O/c1-3-16-19(23)15(6-10-25-16)20-14(2)26-21(17(13-29)27-20)28-11-8-22(9-12-28)7-4-5-18(22)24/h6,10,18,29H,3-5,7-9,11-13,24H2,1-2H3/t18-/m1/s1. The van der Waals surface area contributed by atoms with Crippen LogP contribution in [0.1, 0.15) is 56.1 Å². The van der Waals surface area contributed by atoms with Gasteiger partial charge in [0.05, 0.1) is 28.7 Å². The SMILES string of the molecule is CCc1nccc(-c2nc(CO)c(N3CCC4(CCC[C@H]4N)CC3)nc2C)c1Cl. The predicted octanol–water partition coefficient (Wildman–Crippen LogP) is 3.65. The van der Waals surface area contributed by atoms with Crippen molar-refractivity contribution in [3.63, 3.8) is 0 Å². The molecule has 156 valence electrons. The molecule has 1 aliphatic carbocycles. The van der Waals surface area contributed by atoms with Gasteiger partial charge in [-0.1, -0.05) is 24.9 Å². The van der Waals surface area contributed by atoms with Crippen LogP contribution in [0.25, 0.3) is 11.3 Å². The Morgan fingerprint density at radius 2 is 2.00 bits per heavy atom. The van der Waals surface area contributed by atoms with Crippen molar-refractivity contribution in [3.05, 3.63) is 34.4 Å². The van der Waals surface area contributed by atoms with Crippen molar-refractivity contribution in [2.24, 2.45) is 11.1 Å². The van der Waals surface area contributed by atoms with E-state index in [9.17, 15) is 5.11 Å². The normalized spacial score (nSPS) is 21.1. The van der Waals surface area contributed by atoms with Crippen molar-refractivity contribution >= 4 is 17.4 Å². The third-order valence-electron chi connectivity index (χ3n) is 6.86. The number of nitrogens with two attached hydrogens (primary N) is 1. The summed E-state index contributed by atoms with van der Waals surface area (Å²) in [6.07, 6.45) is 8.28. The number of rotatable bonds is 4. The summed E-state index contributed by atoms with van der Waals surface area (Å²) in [6.45, 7) is 5.64. The predicted molar refractivity (Wildman–Crippen MR) is 116 cm³/mol. The molecule has 29 heavy (non-hydrogen) atoms. The molecule has 3 N–H and O–H groups in total. The number of aliphatic hydroxyl groups is 1. The maximum Gasteiger partial charge on any atom is 0.153 e. The van der Waals surface area contributed by atoms with Crippen LogP contribution in [0.4, 0.5) is 5.82 Å². The van der Waals surface area contributed by atoms with Crippen LogP contribution < -0.4 is 10.6 Å². The number of hydrogen-bond acceptors (Lipinski definition) is 6. The first-order valence-corrected chi connectivity index (χ1v) is 11.0. The number of piperidine rings is 1. The Kier molecular flexibility index (Phi) is 5.78. The summed E-state index contributed by atoms with van der Waals surface area (Å²) in [4.78, 5) is 16.3. The molecule has 0 aromatic carbocycles. The molecule has 0 bridgehead atoms. The summed E-state index contributed by atoms with van der Waals surface area (Å²) in [7, 11) is 0. The van der Waals surface area contributed by atoms with Crippen LogP contribution in [0.2, 0.25) is 5.02 Å². The van der Waals surface area contributed by atoms with E-state index < -0.39 is 0 Å². The van der Waals surface area contributed by atoms with Gasteiger partial charge in [0.15, 0.2) is 5.82 Å². The summed E-state index contributed by atoms with van der Waals surface area (Å²) in [5, 5.41) is 10.6. The second kappa shape index (κ2) is 8.17. The topological polar surface area (TPSA) is 88.2 Å². The fourth-order valence-corrected chi connectivity index (χ4v) is 5.36. The zero-order valence-corrected chi connectivity index (χ0v) is 18.0. The minimum absolute atomic E-state index is 0.153. The fraction of sp³-hybridized carbons (Fsp3) is 0.591. The quantitative estimate of drug-likeness (QED) is 0.792. The van der Waals surface area contributed by atoms with Crippen molar-refractivity contribution < 1.29 is 5.11 Å². The molecule has 3 heterocycles. The van der Waals surface area contributed by atoms with Gasteiger partial charge < -0.3 is 15.7 Å². The molecule has 2 aliphatic rings. The Labute approximate surface area is 177 Å². The molecule has 1 spiro atoms. The van der Waals surface area contributed by atoms with Gasteiger partial charge >= 0.3 is 0 Å². The van der Waals surface area contributed by atoms with E-state index in [2.05, 4.69) is 9.88 Å². The van der Waals surface area contributed by atoms with E-state index in [1.54, 1.807) is 6.20 Å². The summed E-state index contributed by atoms with van der Waals surface area (Å²) < 4.78 is 0. The van der Waals surface area contributed by atoms with Gasteiger partial charge in [-0.15, -0.1) is 0 Å². The average molecular weight is 416 g/mol. The lowest BCUT2D eigenvalue weighted by atomic mass is 9.74. The molecule has 0 unspecified atom stereocenters. The number of aromatic nitrogens is 3. The van der Waals surface area contributed by atoms with Crippen LogP contribution in [-0.4, -0.2) is 39.2 Å². The molecule has 1 saturated heterocycles. The molecule has 4 rings (SSSR count). The lowest BCUT2D eigenvalue weighted by Gasteiger charge is -2.42. The zero-order chi connectivity index (χ0) is 20.6. The summed E-state index contributed by atoms with van der Waals surface area (Å²) in [5.74, 6) is 0.788. The largest absolute Gasteiger partial charge is 0.390 e. The summed E-state index contributed by atoms with van der Waals surface area (Å²) >= 11 is 6.57. The highest BCUT2D eigenvalue weighted by atomic mass is 35.5. The van der Waals surface area contributed by atoms with Crippen molar-refractivity contribution in [2.75, 3.05) is 18.0 Å². The number of anilines is 1.